The lowest BCUT2D eigenvalue weighted by Crippen LogP contribution is -2.69. The molecule has 2 aliphatic heterocycles. The topological polar surface area (TPSA) is 113 Å². The maximum atomic E-state index is 13.1. The highest BCUT2D eigenvalue weighted by Crippen LogP contribution is 2.40. The van der Waals surface area contributed by atoms with Crippen molar-refractivity contribution in [2.45, 2.75) is 133 Å². The first-order valence-electron chi connectivity index (χ1n) is 28.1. The zero-order valence-electron chi connectivity index (χ0n) is 46.4. The average molecular weight is 1100 g/mol. The molecule has 7 aromatic rings. The van der Waals surface area contributed by atoms with Crippen LogP contribution in [-0.4, -0.2) is 94.7 Å². The Morgan fingerprint density at radius 1 is 0.450 bits per heavy atom. The van der Waals surface area contributed by atoms with Crippen LogP contribution >= 0.6 is 0 Å². The Morgan fingerprint density at radius 3 is 1.26 bits per heavy atom. The minimum atomic E-state index is -3.17. The molecule has 1 N–H and O–H groups in total. The molecule has 12 heteroatoms. The third-order valence-electron chi connectivity index (χ3n) is 14.7. The molecule has 0 saturated carbocycles. The summed E-state index contributed by atoms with van der Waals surface area (Å²) in [5.74, 6) is 0. The fourth-order valence-electron chi connectivity index (χ4n) is 10.7. The third-order valence-corrected chi connectivity index (χ3v) is 19.8. The Labute approximate surface area is 474 Å². The summed E-state index contributed by atoms with van der Waals surface area (Å²) in [6, 6.07) is 70.9. The first-order valence-corrected chi connectivity index (χ1v) is 30.0. The van der Waals surface area contributed by atoms with E-state index in [9.17, 15) is 5.11 Å². The summed E-state index contributed by atoms with van der Waals surface area (Å²) in [7, 11) is -3.17. The highest BCUT2D eigenvalue weighted by atomic mass is 28.4. The Hall–Kier alpha value is -5.94. The fraction of sp³-hybridized carbons (Fsp3) is 0.353. The summed E-state index contributed by atoms with van der Waals surface area (Å²) in [5, 5.41) is 14.9. The number of allylic oxidation sites excluding steroid dienone is 1. The molecule has 0 amide bonds. The minimum absolute atomic E-state index is 0.0603. The number of benzene rings is 7. The number of unbranched alkanes of at least 4 members (excludes halogenated alkanes) is 1. The first-order chi connectivity index (χ1) is 39.2. The van der Waals surface area contributed by atoms with Crippen LogP contribution in [0.3, 0.4) is 0 Å². The van der Waals surface area contributed by atoms with Gasteiger partial charge >= 0.3 is 0 Å². The van der Waals surface area contributed by atoms with Crippen molar-refractivity contribution in [1.29, 1.82) is 0 Å². The first kappa shape index (κ1) is 58.7. The molecule has 2 saturated heterocycles. The third kappa shape index (κ3) is 15.5. The number of rotatable bonds is 28. The van der Waals surface area contributed by atoms with E-state index in [1.807, 2.05) is 170 Å². The van der Waals surface area contributed by atoms with Gasteiger partial charge in [-0.05, 0) is 56.1 Å². The molecule has 0 radical (unpaired) electrons. The van der Waals surface area contributed by atoms with Crippen LogP contribution in [0.15, 0.2) is 225 Å². The maximum absolute atomic E-state index is 13.1. The normalized spacial score (nSPS) is 23.4. The molecule has 0 aromatic heterocycles. The van der Waals surface area contributed by atoms with E-state index in [4.69, 9.17) is 47.1 Å². The van der Waals surface area contributed by atoms with E-state index in [1.165, 1.54) is 0 Å². The molecular weight excluding hydrogens is 1020 g/mol. The van der Waals surface area contributed by atoms with Gasteiger partial charge in [0.15, 0.2) is 12.6 Å². The zero-order valence-corrected chi connectivity index (χ0v) is 47.4. The second-order valence-corrected chi connectivity index (χ2v) is 25.8. The van der Waals surface area contributed by atoms with Gasteiger partial charge in [0.1, 0.15) is 48.8 Å². The van der Waals surface area contributed by atoms with Gasteiger partial charge in [-0.3, -0.25) is 0 Å². The average Bonchev–Trinajstić information content (AvgIpc) is 3.51. The van der Waals surface area contributed by atoms with Gasteiger partial charge in [-0.15, -0.1) is 6.58 Å². The Bertz CT molecular complexity index is 2790. The van der Waals surface area contributed by atoms with Gasteiger partial charge in [0.25, 0.3) is 8.32 Å². The molecule has 80 heavy (non-hydrogen) atoms. The van der Waals surface area contributed by atoms with Crippen molar-refractivity contribution in [3.8, 4) is 0 Å². The van der Waals surface area contributed by atoms with Crippen molar-refractivity contribution < 1.29 is 52.2 Å². The van der Waals surface area contributed by atoms with Crippen molar-refractivity contribution >= 4 is 18.7 Å². The van der Waals surface area contributed by atoms with Crippen LogP contribution in [0.5, 0.6) is 0 Å². The Balaban J connectivity index is 1.12. The van der Waals surface area contributed by atoms with Gasteiger partial charge in [-0.1, -0.05) is 239 Å². The molecule has 2 fully saturated rings. The smallest absolute Gasteiger partial charge is 0.261 e. The summed E-state index contributed by atoms with van der Waals surface area (Å²) in [6.07, 6.45) is -6.57. The van der Waals surface area contributed by atoms with Gasteiger partial charge in [-0.2, -0.15) is 0 Å². The van der Waals surface area contributed by atoms with Gasteiger partial charge in [0.2, 0.25) is 0 Å². The van der Waals surface area contributed by atoms with E-state index in [2.05, 4.69) is 75.9 Å². The molecule has 7 aromatic carbocycles. The highest BCUT2D eigenvalue weighted by Gasteiger charge is 2.56. The highest BCUT2D eigenvalue weighted by molar-refractivity contribution is 6.99. The Morgan fingerprint density at radius 2 is 0.825 bits per heavy atom. The minimum Gasteiger partial charge on any atom is -0.405 e. The monoisotopic (exact) mass is 1100 g/mol. The number of hydrogen-bond donors (Lipinski definition) is 1. The standard InChI is InChI=1S/C68H78O11Si/c1-5-6-28-43-71-67-65(64(75-48-55-37-22-11-23-38-55)62(73-46-53-33-18-9-19-34-53)58(78-67)49-70-44-51-29-14-7-15-30-51)79-66-60(69)63(74-47-54-35-20-10-21-36-54)61(72-45-52-31-16-8-17-32-52)59(77-66)50-76-80(68(2,3)4,56-39-24-12-25-40-56)57-41-26-13-27-42-57/h5,7-27,29-42,58-67,69H,1,6,28,43-50H2,2-4H3/t58-,59-,60+,61-,62-,63-,64+,65+,66-,67+/m1/s1. The summed E-state index contributed by atoms with van der Waals surface area (Å²) in [4.78, 5) is 0. The molecule has 0 spiro atoms. The van der Waals surface area contributed by atoms with Crippen LogP contribution in [0.1, 0.15) is 61.4 Å². The summed E-state index contributed by atoms with van der Waals surface area (Å²) in [5.41, 5.74) is 4.81. The van der Waals surface area contributed by atoms with Crippen LogP contribution < -0.4 is 10.4 Å². The molecule has 2 aliphatic rings. The fourth-order valence-corrected chi connectivity index (χ4v) is 15.3. The SMILES string of the molecule is C=CCCCO[C@H]1O[C@H](COCc2ccccc2)[C@@H](OCc2ccccc2)[C@H](OCc2ccccc2)[C@@H]1O[C@H]1O[C@H](CO[Si](c2ccccc2)(c2ccccc2)C(C)(C)C)[C@@H](OCc2ccccc2)[C@H](OCc2ccccc2)[C@@H]1O. The molecule has 9 rings (SSSR count). The van der Waals surface area contributed by atoms with E-state index in [-0.39, 0.29) is 44.7 Å². The van der Waals surface area contributed by atoms with Gasteiger partial charge < -0.3 is 52.2 Å². The van der Waals surface area contributed by atoms with Crippen LogP contribution in [0, 0.1) is 0 Å². The van der Waals surface area contributed by atoms with Crippen LogP contribution in [0.4, 0.5) is 0 Å². The van der Waals surface area contributed by atoms with Crippen LogP contribution in [-0.2, 0) is 80.1 Å². The zero-order chi connectivity index (χ0) is 55.4. The summed E-state index contributed by atoms with van der Waals surface area (Å²) >= 11 is 0. The van der Waals surface area contributed by atoms with Gasteiger partial charge in [-0.25, -0.2) is 0 Å². The van der Waals surface area contributed by atoms with Crippen LogP contribution in [0.25, 0.3) is 0 Å². The molecule has 2 heterocycles. The van der Waals surface area contributed by atoms with Gasteiger partial charge in [0, 0.05) is 0 Å². The predicted octanol–water partition coefficient (Wildman–Crippen LogP) is 11.3. The lowest BCUT2D eigenvalue weighted by atomic mass is 9.96. The molecule has 11 nitrogen and oxygen atoms in total. The van der Waals surface area contributed by atoms with Crippen molar-refractivity contribution in [3.05, 3.63) is 253 Å². The molecule has 0 bridgehead atoms. The second kappa shape index (κ2) is 29.7. The van der Waals surface area contributed by atoms with Gasteiger partial charge in [0.05, 0.1) is 52.9 Å². The van der Waals surface area contributed by atoms with Crippen molar-refractivity contribution in [1.82, 2.24) is 0 Å². The maximum Gasteiger partial charge on any atom is 0.261 e. The number of aliphatic hydroxyl groups is 1. The van der Waals surface area contributed by atoms with E-state index in [0.29, 0.717) is 19.6 Å². The number of aliphatic hydroxyl groups excluding tert-OH is 1. The van der Waals surface area contributed by atoms with Crippen molar-refractivity contribution in [3.63, 3.8) is 0 Å². The number of ether oxygens (including phenoxy) is 9. The molecule has 420 valence electrons. The summed E-state index contributed by atoms with van der Waals surface area (Å²) in [6.45, 7) is 12.4. The van der Waals surface area contributed by atoms with Crippen molar-refractivity contribution in [2.24, 2.45) is 0 Å². The molecule has 10 atom stereocenters. The van der Waals surface area contributed by atoms with Crippen LogP contribution in [0.2, 0.25) is 5.04 Å². The molecule has 0 aliphatic carbocycles. The molecular formula is C68H78O11Si. The quantitative estimate of drug-likeness (QED) is 0.0287. The number of hydrogen-bond acceptors (Lipinski definition) is 11. The van der Waals surface area contributed by atoms with E-state index >= 15 is 0 Å². The second-order valence-electron chi connectivity index (χ2n) is 21.5. The lowest BCUT2D eigenvalue weighted by molar-refractivity contribution is -0.379. The summed E-state index contributed by atoms with van der Waals surface area (Å²) < 4.78 is 70.6. The van der Waals surface area contributed by atoms with E-state index < -0.39 is 69.7 Å². The molecule has 0 unspecified atom stereocenters. The largest absolute Gasteiger partial charge is 0.405 e. The van der Waals surface area contributed by atoms with Crippen molar-refractivity contribution in [2.75, 3.05) is 19.8 Å². The Kier molecular flexibility index (Phi) is 21.8. The van der Waals surface area contributed by atoms with E-state index in [1.54, 1.807) is 0 Å². The predicted molar refractivity (Wildman–Crippen MR) is 313 cm³/mol. The van der Waals surface area contributed by atoms with E-state index in [0.717, 1.165) is 44.6 Å². The lowest BCUT2D eigenvalue weighted by Gasteiger charge is -2.50.